The van der Waals surface area contributed by atoms with Crippen LogP contribution in [0.5, 0.6) is 0 Å². The maximum absolute atomic E-state index is 13.0. The molecule has 7 atom stereocenters. The molecule has 158 valence electrons. The molecular weight excluding hydrogens is 352 g/mol. The van der Waals surface area contributed by atoms with Crippen molar-refractivity contribution in [2.75, 3.05) is 0 Å². The summed E-state index contributed by atoms with van der Waals surface area (Å²) in [6.45, 7) is 6.65. The van der Waals surface area contributed by atoms with Crippen LogP contribution >= 0.6 is 0 Å². The van der Waals surface area contributed by atoms with Crippen LogP contribution in [0.3, 0.4) is 0 Å². The lowest BCUT2D eigenvalue weighted by molar-refractivity contribution is -0.134. The number of piperazine rings is 1. The van der Waals surface area contributed by atoms with Crippen molar-refractivity contribution in [3.05, 3.63) is 0 Å². The van der Waals surface area contributed by atoms with Gasteiger partial charge in [-0.2, -0.15) is 0 Å². The van der Waals surface area contributed by atoms with E-state index in [1.54, 1.807) is 0 Å². The summed E-state index contributed by atoms with van der Waals surface area (Å²) in [5, 5.41) is 9.08. The third kappa shape index (κ3) is 4.01. The van der Waals surface area contributed by atoms with Crippen molar-refractivity contribution in [3.8, 4) is 0 Å². The summed E-state index contributed by atoms with van der Waals surface area (Å²) >= 11 is 0. The lowest BCUT2D eigenvalue weighted by Crippen LogP contribution is -2.68. The highest BCUT2D eigenvalue weighted by Crippen LogP contribution is 2.35. The number of Topliss-reactive ketones (excluding diaryl/α,β-unsaturated/α-hetero) is 1. The average Bonchev–Trinajstić information content (AvgIpc) is 2.98. The number of carbonyl (C=O) groups is 2. The number of hydrazine groups is 1. The summed E-state index contributed by atoms with van der Waals surface area (Å²) < 4.78 is 0. The van der Waals surface area contributed by atoms with E-state index in [0.29, 0.717) is 24.3 Å². The third-order valence-corrected chi connectivity index (χ3v) is 7.75. The van der Waals surface area contributed by atoms with Crippen LogP contribution < -0.4 is 16.1 Å². The second kappa shape index (κ2) is 8.41. The molecule has 0 radical (unpaired) electrons. The van der Waals surface area contributed by atoms with Gasteiger partial charge in [0.1, 0.15) is 11.9 Å². The van der Waals surface area contributed by atoms with Gasteiger partial charge < -0.3 is 5.32 Å². The fourth-order valence-electron chi connectivity index (χ4n) is 6.13. The Morgan fingerprint density at radius 3 is 2.54 bits per heavy atom. The summed E-state index contributed by atoms with van der Waals surface area (Å²) in [5.41, 5.74) is 3.61. The quantitative estimate of drug-likeness (QED) is 0.687. The van der Waals surface area contributed by atoms with E-state index in [9.17, 15) is 9.59 Å². The van der Waals surface area contributed by atoms with Crippen molar-refractivity contribution in [2.24, 2.45) is 17.8 Å². The number of ketones is 1. The summed E-state index contributed by atoms with van der Waals surface area (Å²) in [5.74, 6) is 1.54. The van der Waals surface area contributed by atoms with Crippen molar-refractivity contribution in [1.82, 2.24) is 21.1 Å². The highest BCUT2D eigenvalue weighted by molar-refractivity contribution is 5.91. The molecule has 2 aliphatic heterocycles. The minimum atomic E-state index is -0.393. The van der Waals surface area contributed by atoms with Gasteiger partial charge in [-0.15, -0.1) is 0 Å². The van der Waals surface area contributed by atoms with E-state index in [-0.39, 0.29) is 35.9 Å². The fourth-order valence-corrected chi connectivity index (χ4v) is 6.13. The van der Waals surface area contributed by atoms with E-state index in [1.807, 2.05) is 0 Å². The van der Waals surface area contributed by atoms with Crippen LogP contribution in [0.4, 0.5) is 0 Å². The summed E-state index contributed by atoms with van der Waals surface area (Å²) in [4.78, 5) is 25.8. The molecule has 0 bridgehead atoms. The molecule has 2 heterocycles. The molecule has 4 aliphatic rings. The Bertz CT molecular complexity index is 591. The van der Waals surface area contributed by atoms with Gasteiger partial charge in [0, 0.05) is 24.4 Å². The first kappa shape index (κ1) is 20.3. The topological polar surface area (TPSA) is 73.5 Å². The van der Waals surface area contributed by atoms with E-state index >= 15 is 0 Å². The SMILES string of the molecule is CC1CCC(C(=O)CC2NC3C(C)NN(C4CCCCC4)C3NC2=O)C(C)C1. The predicted molar refractivity (Wildman–Crippen MR) is 109 cm³/mol. The molecule has 7 unspecified atom stereocenters. The number of nitrogens with one attached hydrogen (secondary N) is 3. The average molecular weight is 391 g/mol. The Hall–Kier alpha value is -0.980. The van der Waals surface area contributed by atoms with E-state index in [2.05, 4.69) is 41.8 Å². The normalized spacial score (nSPS) is 42.8. The zero-order valence-electron chi connectivity index (χ0n) is 17.7. The minimum absolute atomic E-state index is 0.00796. The van der Waals surface area contributed by atoms with Crippen LogP contribution in [0.25, 0.3) is 0 Å². The number of nitrogens with zero attached hydrogens (tertiary/aromatic N) is 1. The van der Waals surface area contributed by atoms with Gasteiger partial charge in [-0.25, -0.2) is 10.4 Å². The second-order valence-electron chi connectivity index (χ2n) is 9.99. The Morgan fingerprint density at radius 2 is 1.82 bits per heavy atom. The first-order valence-corrected chi connectivity index (χ1v) is 11.6. The lowest BCUT2D eigenvalue weighted by atomic mass is 9.73. The predicted octanol–water partition coefficient (Wildman–Crippen LogP) is 2.34. The van der Waals surface area contributed by atoms with Crippen molar-refractivity contribution in [2.45, 2.75) is 109 Å². The lowest BCUT2D eigenvalue weighted by Gasteiger charge is -2.40. The Labute approximate surface area is 169 Å². The van der Waals surface area contributed by atoms with Crippen LogP contribution in [0.1, 0.15) is 78.6 Å². The number of fused-ring (bicyclic) bond motifs is 1. The van der Waals surface area contributed by atoms with E-state index in [0.717, 1.165) is 19.3 Å². The zero-order valence-corrected chi connectivity index (χ0v) is 17.7. The molecule has 6 nitrogen and oxygen atoms in total. The van der Waals surface area contributed by atoms with Gasteiger partial charge in [-0.05, 0) is 44.4 Å². The highest BCUT2D eigenvalue weighted by Gasteiger charge is 2.48. The molecular formula is C22H38N4O2. The van der Waals surface area contributed by atoms with E-state index in [4.69, 9.17) is 0 Å². The number of rotatable bonds is 4. The molecule has 1 amide bonds. The first-order valence-electron chi connectivity index (χ1n) is 11.6. The van der Waals surface area contributed by atoms with Gasteiger partial charge in [-0.1, -0.05) is 39.5 Å². The first-order chi connectivity index (χ1) is 13.4. The van der Waals surface area contributed by atoms with Crippen LogP contribution in [0.2, 0.25) is 0 Å². The maximum Gasteiger partial charge on any atom is 0.238 e. The maximum atomic E-state index is 13.0. The van der Waals surface area contributed by atoms with Crippen LogP contribution in [-0.4, -0.2) is 47.0 Å². The molecule has 0 aromatic heterocycles. The standard InChI is InChI=1S/C22H38N4O2/c1-13-9-10-17(14(2)11-13)19(27)12-18-22(28)24-21-20(23-18)15(3)25-26(21)16-7-5-4-6-8-16/h13-18,20-21,23,25H,4-12H2,1-3H3,(H,24,28). The van der Waals surface area contributed by atoms with Gasteiger partial charge in [0.2, 0.25) is 5.91 Å². The molecule has 2 aliphatic carbocycles. The number of hydrogen-bond donors (Lipinski definition) is 3. The fraction of sp³-hybridized carbons (Fsp3) is 0.909. The van der Waals surface area contributed by atoms with Crippen molar-refractivity contribution >= 4 is 11.7 Å². The number of carbonyl (C=O) groups excluding carboxylic acids is 2. The van der Waals surface area contributed by atoms with Crippen molar-refractivity contribution < 1.29 is 9.59 Å². The molecule has 4 fully saturated rings. The zero-order chi connectivity index (χ0) is 19.8. The van der Waals surface area contributed by atoms with E-state index in [1.165, 1.54) is 32.1 Å². The summed E-state index contributed by atoms with van der Waals surface area (Å²) in [7, 11) is 0. The van der Waals surface area contributed by atoms with Crippen LogP contribution in [-0.2, 0) is 9.59 Å². The molecule has 4 rings (SSSR count). The molecule has 2 saturated heterocycles. The number of hydrogen-bond acceptors (Lipinski definition) is 5. The van der Waals surface area contributed by atoms with Crippen molar-refractivity contribution in [3.63, 3.8) is 0 Å². The third-order valence-electron chi connectivity index (χ3n) is 7.75. The highest BCUT2D eigenvalue weighted by atomic mass is 16.2. The Balaban J connectivity index is 1.38. The van der Waals surface area contributed by atoms with E-state index < -0.39 is 6.04 Å². The summed E-state index contributed by atoms with van der Waals surface area (Å²) in [6.07, 6.45) is 9.81. The monoisotopic (exact) mass is 390 g/mol. The van der Waals surface area contributed by atoms with Gasteiger partial charge in [-0.3, -0.25) is 14.9 Å². The molecule has 28 heavy (non-hydrogen) atoms. The summed E-state index contributed by atoms with van der Waals surface area (Å²) in [6, 6.07) is 0.508. The van der Waals surface area contributed by atoms with Crippen LogP contribution in [0.15, 0.2) is 0 Å². The van der Waals surface area contributed by atoms with Gasteiger partial charge in [0.25, 0.3) is 0 Å². The van der Waals surface area contributed by atoms with Gasteiger partial charge in [0.05, 0.1) is 12.1 Å². The molecule has 0 aromatic rings. The number of amides is 1. The van der Waals surface area contributed by atoms with Crippen molar-refractivity contribution in [1.29, 1.82) is 0 Å². The van der Waals surface area contributed by atoms with Gasteiger partial charge >= 0.3 is 0 Å². The van der Waals surface area contributed by atoms with Crippen LogP contribution in [0, 0.1) is 17.8 Å². The molecule has 0 spiro atoms. The smallest absolute Gasteiger partial charge is 0.238 e. The molecule has 0 aromatic carbocycles. The molecule has 6 heteroatoms. The Morgan fingerprint density at radius 1 is 1.07 bits per heavy atom. The molecule has 2 saturated carbocycles. The molecule has 3 N–H and O–H groups in total. The van der Waals surface area contributed by atoms with Gasteiger partial charge in [0.15, 0.2) is 0 Å². The minimum Gasteiger partial charge on any atom is -0.336 e. The second-order valence-corrected chi connectivity index (χ2v) is 9.99. The Kier molecular flexibility index (Phi) is 6.09. The largest absolute Gasteiger partial charge is 0.336 e.